The van der Waals surface area contributed by atoms with Crippen molar-refractivity contribution in [1.29, 1.82) is 0 Å². The summed E-state index contributed by atoms with van der Waals surface area (Å²) >= 11 is 6.55. The molecule has 2 N–H and O–H groups in total. The predicted molar refractivity (Wildman–Crippen MR) is 79.8 cm³/mol. The first-order valence-corrected chi connectivity index (χ1v) is 8.53. The van der Waals surface area contributed by atoms with Gasteiger partial charge in [0.25, 0.3) is 10.0 Å². The van der Waals surface area contributed by atoms with E-state index in [1.54, 1.807) is 18.2 Å². The maximum absolute atomic E-state index is 12.1. The summed E-state index contributed by atoms with van der Waals surface area (Å²) in [5.74, 6) is 0. The zero-order valence-corrected chi connectivity index (χ0v) is 12.8. The van der Waals surface area contributed by atoms with Gasteiger partial charge >= 0.3 is 0 Å². The average molecular weight is 333 g/mol. The van der Waals surface area contributed by atoms with Crippen LogP contribution in [0.25, 0.3) is 0 Å². The molecule has 0 saturated carbocycles. The van der Waals surface area contributed by atoms with Crippen molar-refractivity contribution in [1.82, 2.24) is 4.98 Å². The lowest BCUT2D eigenvalue weighted by Crippen LogP contribution is -2.11. The Morgan fingerprint density at radius 3 is 2.85 bits per heavy atom. The summed E-state index contributed by atoms with van der Waals surface area (Å²) in [6, 6.07) is 7.07. The summed E-state index contributed by atoms with van der Waals surface area (Å²) in [5.41, 5.74) is 1.44. The van der Waals surface area contributed by atoms with Crippen LogP contribution in [0.15, 0.2) is 34.7 Å². The van der Waals surface area contributed by atoms with E-state index in [4.69, 9.17) is 16.7 Å². The molecule has 0 aliphatic rings. The molecule has 0 spiro atoms. The SMILES string of the molecule is O=S(=O)(Nc1cccc(CCCO)c1)c1cnc(Cl)s1. The van der Waals surface area contributed by atoms with Gasteiger partial charge in [0.2, 0.25) is 0 Å². The molecule has 0 aliphatic carbocycles. The van der Waals surface area contributed by atoms with Gasteiger partial charge in [-0.15, -0.1) is 0 Å². The van der Waals surface area contributed by atoms with Gasteiger partial charge in [0, 0.05) is 12.3 Å². The van der Waals surface area contributed by atoms with Crippen LogP contribution >= 0.6 is 22.9 Å². The molecule has 20 heavy (non-hydrogen) atoms. The molecule has 108 valence electrons. The summed E-state index contributed by atoms with van der Waals surface area (Å²) in [6.07, 6.45) is 2.56. The maximum Gasteiger partial charge on any atom is 0.273 e. The van der Waals surface area contributed by atoms with Crippen molar-refractivity contribution in [3.63, 3.8) is 0 Å². The minimum absolute atomic E-state index is 0.0725. The number of hydrogen-bond acceptors (Lipinski definition) is 5. The lowest BCUT2D eigenvalue weighted by molar-refractivity contribution is 0.288. The Morgan fingerprint density at radius 2 is 2.20 bits per heavy atom. The number of thiazole rings is 1. The molecule has 1 aromatic carbocycles. The molecular weight excluding hydrogens is 320 g/mol. The molecule has 1 heterocycles. The standard InChI is InChI=1S/C12H13ClN2O3S2/c13-12-14-8-11(19-12)20(17,18)15-10-5-1-3-9(7-10)4-2-6-16/h1,3,5,7-8,15-16H,2,4,6H2. The number of aliphatic hydroxyl groups is 1. The van der Waals surface area contributed by atoms with Crippen LogP contribution in [0.1, 0.15) is 12.0 Å². The van der Waals surface area contributed by atoms with Crippen LogP contribution in [-0.2, 0) is 16.4 Å². The highest BCUT2D eigenvalue weighted by atomic mass is 35.5. The number of nitrogens with one attached hydrogen (secondary N) is 1. The molecule has 0 fully saturated rings. The number of hydrogen-bond donors (Lipinski definition) is 2. The van der Waals surface area contributed by atoms with Gasteiger partial charge in [-0.2, -0.15) is 0 Å². The van der Waals surface area contributed by atoms with Crippen LogP contribution in [-0.4, -0.2) is 25.1 Å². The first kappa shape index (κ1) is 15.2. The minimum atomic E-state index is -3.66. The summed E-state index contributed by atoms with van der Waals surface area (Å²) < 4.78 is 26.9. The van der Waals surface area contributed by atoms with E-state index >= 15 is 0 Å². The number of aliphatic hydroxyl groups excluding tert-OH is 1. The monoisotopic (exact) mass is 332 g/mol. The third-order valence-corrected chi connectivity index (χ3v) is 5.48. The van der Waals surface area contributed by atoms with E-state index in [9.17, 15) is 8.42 Å². The Kier molecular flexibility index (Phi) is 4.98. The minimum Gasteiger partial charge on any atom is -0.396 e. The molecule has 0 amide bonds. The highest BCUT2D eigenvalue weighted by Gasteiger charge is 2.17. The van der Waals surface area contributed by atoms with Crippen molar-refractivity contribution < 1.29 is 13.5 Å². The van der Waals surface area contributed by atoms with E-state index < -0.39 is 10.0 Å². The Bertz CT molecular complexity index is 686. The van der Waals surface area contributed by atoms with Gasteiger partial charge in [-0.1, -0.05) is 35.1 Å². The van der Waals surface area contributed by atoms with Crippen LogP contribution in [0, 0.1) is 0 Å². The largest absolute Gasteiger partial charge is 0.396 e. The van der Waals surface area contributed by atoms with E-state index in [1.807, 2.05) is 6.07 Å². The maximum atomic E-state index is 12.1. The topological polar surface area (TPSA) is 79.3 Å². The number of benzene rings is 1. The van der Waals surface area contributed by atoms with Crippen molar-refractivity contribution >= 4 is 38.6 Å². The van der Waals surface area contributed by atoms with Crippen LogP contribution in [0.4, 0.5) is 5.69 Å². The third kappa shape index (κ3) is 3.92. The van der Waals surface area contributed by atoms with Crippen molar-refractivity contribution in [3.05, 3.63) is 40.5 Å². The molecule has 0 radical (unpaired) electrons. The zero-order valence-electron chi connectivity index (χ0n) is 10.4. The number of rotatable bonds is 6. The van der Waals surface area contributed by atoms with Gasteiger partial charge in [-0.05, 0) is 30.5 Å². The molecule has 0 aliphatic heterocycles. The smallest absolute Gasteiger partial charge is 0.273 e. The third-order valence-electron chi connectivity index (χ3n) is 2.52. The quantitative estimate of drug-likeness (QED) is 0.852. The fourth-order valence-corrected chi connectivity index (χ4v) is 3.98. The van der Waals surface area contributed by atoms with Crippen molar-refractivity contribution in [2.24, 2.45) is 0 Å². The van der Waals surface area contributed by atoms with Crippen LogP contribution in [0.5, 0.6) is 0 Å². The Balaban J connectivity index is 2.17. The zero-order chi connectivity index (χ0) is 14.6. The first-order valence-electron chi connectivity index (χ1n) is 5.85. The average Bonchev–Trinajstić information content (AvgIpc) is 2.84. The highest BCUT2D eigenvalue weighted by Crippen LogP contribution is 2.25. The number of sulfonamides is 1. The molecule has 5 nitrogen and oxygen atoms in total. The molecule has 2 aromatic rings. The fraction of sp³-hybridized carbons (Fsp3) is 0.250. The summed E-state index contributed by atoms with van der Waals surface area (Å²) in [6.45, 7) is 0.106. The van der Waals surface area contributed by atoms with Crippen LogP contribution < -0.4 is 4.72 Å². The lowest BCUT2D eigenvalue weighted by atomic mass is 10.1. The fourth-order valence-electron chi connectivity index (χ4n) is 1.64. The highest BCUT2D eigenvalue weighted by molar-refractivity contribution is 7.94. The molecular formula is C12H13ClN2O3S2. The summed E-state index contributed by atoms with van der Waals surface area (Å²) in [7, 11) is -3.66. The molecule has 0 atom stereocenters. The van der Waals surface area contributed by atoms with Crippen LogP contribution in [0.2, 0.25) is 4.47 Å². The van der Waals surface area contributed by atoms with Crippen molar-refractivity contribution in [3.8, 4) is 0 Å². The van der Waals surface area contributed by atoms with E-state index in [2.05, 4.69) is 9.71 Å². The lowest BCUT2D eigenvalue weighted by Gasteiger charge is -2.07. The Labute approximate surface area is 126 Å². The van der Waals surface area contributed by atoms with Crippen LogP contribution in [0.3, 0.4) is 0 Å². The van der Waals surface area contributed by atoms with Gasteiger partial charge in [-0.25, -0.2) is 13.4 Å². The molecule has 0 saturated heterocycles. The number of anilines is 1. The van der Waals surface area contributed by atoms with Gasteiger partial charge in [-0.3, -0.25) is 4.72 Å². The second-order valence-corrected chi connectivity index (χ2v) is 7.59. The van der Waals surface area contributed by atoms with E-state index in [1.165, 1.54) is 6.20 Å². The van der Waals surface area contributed by atoms with E-state index in [0.29, 0.717) is 18.5 Å². The summed E-state index contributed by atoms with van der Waals surface area (Å²) in [4.78, 5) is 3.72. The summed E-state index contributed by atoms with van der Waals surface area (Å²) in [5, 5.41) is 8.80. The van der Waals surface area contributed by atoms with Gasteiger partial charge in [0.15, 0.2) is 8.68 Å². The number of nitrogens with zero attached hydrogens (tertiary/aromatic N) is 1. The van der Waals surface area contributed by atoms with Gasteiger partial charge in [0.05, 0.1) is 6.20 Å². The van der Waals surface area contributed by atoms with E-state index in [-0.39, 0.29) is 15.3 Å². The number of aryl methyl sites for hydroxylation is 1. The normalized spacial score (nSPS) is 11.5. The molecule has 2 rings (SSSR count). The Hall–Kier alpha value is -1.15. The Morgan fingerprint density at radius 1 is 1.40 bits per heavy atom. The molecule has 0 bridgehead atoms. The van der Waals surface area contributed by atoms with Crippen molar-refractivity contribution in [2.75, 3.05) is 11.3 Å². The second-order valence-electron chi connectivity index (χ2n) is 4.07. The first-order chi connectivity index (χ1) is 9.51. The van der Waals surface area contributed by atoms with Crippen molar-refractivity contribution in [2.45, 2.75) is 17.1 Å². The second kappa shape index (κ2) is 6.53. The van der Waals surface area contributed by atoms with E-state index in [0.717, 1.165) is 16.9 Å². The van der Waals surface area contributed by atoms with Gasteiger partial charge in [0.1, 0.15) is 0 Å². The predicted octanol–water partition coefficient (Wildman–Crippen LogP) is 2.52. The number of aromatic nitrogens is 1. The molecule has 8 heteroatoms. The molecule has 1 aromatic heterocycles. The number of halogens is 1. The van der Waals surface area contributed by atoms with Gasteiger partial charge < -0.3 is 5.11 Å². The molecule has 0 unspecified atom stereocenters.